The Morgan fingerprint density at radius 1 is 1.53 bits per heavy atom. The number of nitrogens with one attached hydrogen (secondary N) is 2. The Morgan fingerprint density at radius 3 is 2.71 bits per heavy atom. The van der Waals surface area contributed by atoms with Gasteiger partial charge in [-0.15, -0.1) is 0 Å². The van der Waals surface area contributed by atoms with Gasteiger partial charge in [0.2, 0.25) is 0 Å². The molecular formula is C11H16N2O4. The topological polar surface area (TPSA) is 91.6 Å². The van der Waals surface area contributed by atoms with Crippen LogP contribution in [-0.4, -0.2) is 23.7 Å². The predicted molar refractivity (Wildman–Crippen MR) is 60.5 cm³/mol. The summed E-state index contributed by atoms with van der Waals surface area (Å²) in [5.41, 5.74) is -1.57. The molecule has 0 spiro atoms. The number of carbonyl (C=O) groups is 2. The minimum absolute atomic E-state index is 0.177. The second kappa shape index (κ2) is 5.38. The van der Waals surface area contributed by atoms with E-state index in [9.17, 15) is 14.7 Å². The summed E-state index contributed by atoms with van der Waals surface area (Å²) in [5, 5.41) is 14.1. The van der Waals surface area contributed by atoms with Crippen LogP contribution in [0.5, 0.6) is 0 Å². The van der Waals surface area contributed by atoms with E-state index in [4.69, 9.17) is 4.42 Å². The zero-order chi connectivity index (χ0) is 12.9. The molecule has 0 aliphatic carbocycles. The van der Waals surface area contributed by atoms with Gasteiger partial charge in [-0.05, 0) is 25.5 Å². The monoisotopic (exact) mass is 240 g/mol. The zero-order valence-corrected chi connectivity index (χ0v) is 9.82. The van der Waals surface area contributed by atoms with Gasteiger partial charge in [0, 0.05) is 6.54 Å². The van der Waals surface area contributed by atoms with Gasteiger partial charge in [-0.1, -0.05) is 6.92 Å². The van der Waals surface area contributed by atoms with Crippen molar-refractivity contribution >= 4 is 12.0 Å². The second-order valence-electron chi connectivity index (χ2n) is 3.79. The van der Waals surface area contributed by atoms with E-state index in [1.807, 2.05) is 6.92 Å². The molecule has 0 radical (unpaired) electrons. The molecule has 17 heavy (non-hydrogen) atoms. The molecular weight excluding hydrogens is 224 g/mol. The second-order valence-corrected chi connectivity index (χ2v) is 3.79. The largest absolute Gasteiger partial charge is 0.479 e. The fourth-order valence-electron chi connectivity index (χ4n) is 1.29. The SMILES string of the molecule is CCCNC(=O)NC(C)(C(=O)O)c1ccco1. The third-order valence-corrected chi connectivity index (χ3v) is 2.34. The lowest BCUT2D eigenvalue weighted by molar-refractivity contribution is -0.144. The van der Waals surface area contributed by atoms with Crippen LogP contribution in [0.2, 0.25) is 0 Å². The van der Waals surface area contributed by atoms with Crippen LogP contribution in [0.1, 0.15) is 26.0 Å². The van der Waals surface area contributed by atoms with Gasteiger partial charge < -0.3 is 20.2 Å². The smallest absolute Gasteiger partial charge is 0.337 e. The number of carboxylic acid groups (broad SMARTS) is 1. The summed E-state index contributed by atoms with van der Waals surface area (Å²) in [6.07, 6.45) is 2.14. The lowest BCUT2D eigenvalue weighted by Gasteiger charge is -2.24. The first-order valence-electron chi connectivity index (χ1n) is 5.34. The Labute approximate surface area is 99.0 Å². The van der Waals surface area contributed by atoms with E-state index in [1.54, 1.807) is 6.07 Å². The maximum atomic E-state index is 11.5. The Morgan fingerprint density at radius 2 is 2.24 bits per heavy atom. The Hall–Kier alpha value is -1.98. The highest BCUT2D eigenvalue weighted by Gasteiger charge is 2.39. The van der Waals surface area contributed by atoms with Gasteiger partial charge in [-0.2, -0.15) is 0 Å². The van der Waals surface area contributed by atoms with Crippen LogP contribution in [0.15, 0.2) is 22.8 Å². The van der Waals surface area contributed by atoms with Crippen molar-refractivity contribution < 1.29 is 19.1 Å². The molecule has 3 N–H and O–H groups in total. The quantitative estimate of drug-likeness (QED) is 0.723. The minimum atomic E-state index is -1.57. The van der Waals surface area contributed by atoms with Gasteiger partial charge in [-0.25, -0.2) is 9.59 Å². The molecule has 1 heterocycles. The normalized spacial score (nSPS) is 13.8. The van der Waals surface area contributed by atoms with Crippen LogP contribution in [0.25, 0.3) is 0 Å². The maximum absolute atomic E-state index is 11.5. The third kappa shape index (κ3) is 2.99. The molecule has 1 aromatic rings. The molecule has 0 fully saturated rings. The van der Waals surface area contributed by atoms with E-state index >= 15 is 0 Å². The number of furan rings is 1. The summed E-state index contributed by atoms with van der Waals surface area (Å²) < 4.78 is 5.04. The van der Waals surface area contributed by atoms with Crippen molar-refractivity contribution in [3.05, 3.63) is 24.2 Å². The summed E-state index contributed by atoms with van der Waals surface area (Å²) in [5.74, 6) is -1.00. The lowest BCUT2D eigenvalue weighted by Crippen LogP contribution is -2.52. The lowest BCUT2D eigenvalue weighted by atomic mass is 9.99. The molecule has 0 saturated heterocycles. The summed E-state index contributed by atoms with van der Waals surface area (Å²) in [4.78, 5) is 22.7. The number of hydrogen-bond donors (Lipinski definition) is 3. The molecule has 1 atom stereocenters. The van der Waals surface area contributed by atoms with E-state index in [-0.39, 0.29) is 5.76 Å². The molecule has 94 valence electrons. The molecule has 1 rings (SSSR count). The van der Waals surface area contributed by atoms with Crippen LogP contribution < -0.4 is 10.6 Å². The van der Waals surface area contributed by atoms with Gasteiger partial charge in [0.15, 0.2) is 5.54 Å². The predicted octanol–water partition coefficient (Wildman–Crippen LogP) is 1.29. The maximum Gasteiger partial charge on any atom is 0.337 e. The number of rotatable bonds is 5. The first-order chi connectivity index (χ1) is 8.00. The molecule has 2 amide bonds. The number of amides is 2. The number of carboxylic acids is 1. The third-order valence-electron chi connectivity index (χ3n) is 2.34. The number of carbonyl (C=O) groups excluding carboxylic acids is 1. The molecule has 0 aliphatic rings. The number of aliphatic carboxylic acids is 1. The average Bonchev–Trinajstić information content (AvgIpc) is 2.79. The Balaban J connectivity index is 2.80. The van der Waals surface area contributed by atoms with Crippen molar-refractivity contribution in [3.63, 3.8) is 0 Å². The van der Waals surface area contributed by atoms with E-state index in [0.717, 1.165) is 6.42 Å². The van der Waals surface area contributed by atoms with Crippen LogP contribution in [-0.2, 0) is 10.3 Å². The van der Waals surface area contributed by atoms with Crippen molar-refractivity contribution in [2.24, 2.45) is 0 Å². The molecule has 0 aliphatic heterocycles. The summed E-state index contributed by atoms with van der Waals surface area (Å²) >= 11 is 0. The van der Waals surface area contributed by atoms with Gasteiger partial charge in [-0.3, -0.25) is 0 Å². The molecule has 1 aromatic heterocycles. The minimum Gasteiger partial charge on any atom is -0.479 e. The fourth-order valence-corrected chi connectivity index (χ4v) is 1.29. The van der Waals surface area contributed by atoms with Crippen molar-refractivity contribution in [1.82, 2.24) is 10.6 Å². The molecule has 0 bridgehead atoms. The summed E-state index contributed by atoms with van der Waals surface area (Å²) in [7, 11) is 0. The van der Waals surface area contributed by atoms with Crippen molar-refractivity contribution in [2.45, 2.75) is 25.8 Å². The van der Waals surface area contributed by atoms with Crippen LogP contribution in [0.4, 0.5) is 4.79 Å². The van der Waals surface area contributed by atoms with E-state index < -0.39 is 17.5 Å². The zero-order valence-electron chi connectivity index (χ0n) is 9.82. The van der Waals surface area contributed by atoms with Gasteiger partial charge >= 0.3 is 12.0 Å². The van der Waals surface area contributed by atoms with Gasteiger partial charge in [0.1, 0.15) is 5.76 Å². The van der Waals surface area contributed by atoms with Crippen molar-refractivity contribution in [2.75, 3.05) is 6.54 Å². The standard InChI is InChI=1S/C11H16N2O4/c1-3-6-12-10(16)13-11(2,9(14)15)8-5-4-7-17-8/h4-5,7H,3,6H2,1-2H3,(H,14,15)(H2,12,13,16). The van der Waals surface area contributed by atoms with Crippen LogP contribution in [0.3, 0.4) is 0 Å². The Bertz CT molecular complexity index is 388. The molecule has 0 aromatic carbocycles. The molecule has 6 heteroatoms. The van der Waals surface area contributed by atoms with Crippen molar-refractivity contribution in [3.8, 4) is 0 Å². The van der Waals surface area contributed by atoms with E-state index in [1.165, 1.54) is 19.3 Å². The molecule has 1 unspecified atom stereocenters. The average molecular weight is 240 g/mol. The van der Waals surface area contributed by atoms with E-state index in [0.29, 0.717) is 6.54 Å². The molecule has 0 saturated carbocycles. The summed E-state index contributed by atoms with van der Waals surface area (Å²) in [6.45, 7) is 3.77. The van der Waals surface area contributed by atoms with Crippen LogP contribution in [0, 0.1) is 0 Å². The van der Waals surface area contributed by atoms with Crippen molar-refractivity contribution in [1.29, 1.82) is 0 Å². The fraction of sp³-hybridized carbons (Fsp3) is 0.455. The number of urea groups is 1. The molecule has 6 nitrogen and oxygen atoms in total. The van der Waals surface area contributed by atoms with Gasteiger partial charge in [0.25, 0.3) is 0 Å². The highest BCUT2D eigenvalue weighted by atomic mass is 16.4. The Kier molecular flexibility index (Phi) is 4.14. The first-order valence-corrected chi connectivity index (χ1v) is 5.34. The van der Waals surface area contributed by atoms with E-state index in [2.05, 4.69) is 10.6 Å². The highest BCUT2D eigenvalue weighted by Crippen LogP contribution is 2.21. The highest BCUT2D eigenvalue weighted by molar-refractivity contribution is 5.86. The first kappa shape index (κ1) is 13.1. The number of hydrogen-bond acceptors (Lipinski definition) is 3. The van der Waals surface area contributed by atoms with Crippen LogP contribution >= 0.6 is 0 Å². The van der Waals surface area contributed by atoms with Gasteiger partial charge in [0.05, 0.1) is 6.26 Å². The summed E-state index contributed by atoms with van der Waals surface area (Å²) in [6, 6.07) is 2.55.